The van der Waals surface area contributed by atoms with E-state index in [0.717, 1.165) is 22.9 Å². The van der Waals surface area contributed by atoms with Crippen molar-refractivity contribution in [3.8, 4) is 11.3 Å². The number of hydrogen-bond acceptors (Lipinski definition) is 6. The molecule has 1 heterocycles. The first-order chi connectivity index (χ1) is 15.1. The lowest BCUT2D eigenvalue weighted by atomic mass is 10.0. The maximum atomic E-state index is 12.8. The normalized spacial score (nSPS) is 11.7. The second-order valence-corrected chi connectivity index (χ2v) is 9.02. The second-order valence-electron chi connectivity index (χ2n) is 7.25. The average molecular weight is 472 g/mol. The number of anilines is 2. The predicted octanol–water partition coefficient (Wildman–Crippen LogP) is 4.18. The van der Waals surface area contributed by atoms with Gasteiger partial charge in [0.25, 0.3) is 5.56 Å². The summed E-state index contributed by atoms with van der Waals surface area (Å²) in [7, 11) is 0. The third kappa shape index (κ3) is 5.74. The number of hydrogen-bond donors (Lipinski definition) is 3. The highest BCUT2D eigenvalue weighted by Crippen LogP contribution is 2.30. The van der Waals surface area contributed by atoms with E-state index in [4.69, 9.17) is 11.6 Å². The summed E-state index contributed by atoms with van der Waals surface area (Å²) in [6.45, 7) is 6.82. The summed E-state index contributed by atoms with van der Waals surface area (Å²) >= 11 is 7.01. The summed E-state index contributed by atoms with van der Waals surface area (Å²) in [5.74, 6) is -0.527. The van der Waals surface area contributed by atoms with Crippen LogP contribution >= 0.6 is 23.4 Å². The second kappa shape index (κ2) is 9.97. The Labute approximate surface area is 194 Å². The number of halogens is 1. The van der Waals surface area contributed by atoms with E-state index in [1.54, 1.807) is 37.3 Å². The van der Waals surface area contributed by atoms with Gasteiger partial charge in [0.05, 0.1) is 10.9 Å². The van der Waals surface area contributed by atoms with E-state index < -0.39 is 10.8 Å². The largest absolute Gasteiger partial charge is 0.325 e. The number of nitrogens with one attached hydrogen (secondary N) is 3. The van der Waals surface area contributed by atoms with Crippen molar-refractivity contribution in [2.45, 2.75) is 38.1 Å². The van der Waals surface area contributed by atoms with Gasteiger partial charge in [-0.05, 0) is 50.6 Å². The van der Waals surface area contributed by atoms with Crippen molar-refractivity contribution >= 4 is 46.6 Å². The molecular formula is C22H22ClN5O3S. The first kappa shape index (κ1) is 23.5. The highest BCUT2D eigenvalue weighted by molar-refractivity contribution is 8.00. The number of aromatic amines is 1. The Hall–Kier alpha value is -3.17. The first-order valence-corrected chi connectivity index (χ1v) is 11.0. The quantitative estimate of drug-likeness (QED) is 0.464. The van der Waals surface area contributed by atoms with Gasteiger partial charge in [0.2, 0.25) is 11.8 Å². The molecule has 0 unspecified atom stereocenters. The average Bonchev–Trinajstić information content (AvgIpc) is 2.70. The number of carbonyl (C=O) groups is 2. The fraction of sp³-hybridized carbons (Fsp3) is 0.227. The molecule has 166 valence electrons. The SMILES string of the molecule is CC(=O)Nc1c(C)cc(C)cc1-c1nnc(S[C@H](C)C(=O)Nc2cccc(Cl)c2)[nH]c1=O. The molecule has 2 aromatic carbocycles. The number of rotatable bonds is 6. The summed E-state index contributed by atoms with van der Waals surface area (Å²) < 4.78 is 0. The van der Waals surface area contributed by atoms with Crippen molar-refractivity contribution < 1.29 is 9.59 Å². The van der Waals surface area contributed by atoms with Crippen LogP contribution in [0.3, 0.4) is 0 Å². The van der Waals surface area contributed by atoms with Gasteiger partial charge in [0, 0.05) is 23.2 Å². The van der Waals surface area contributed by atoms with E-state index in [1.165, 1.54) is 6.92 Å². The zero-order valence-electron chi connectivity index (χ0n) is 17.9. The van der Waals surface area contributed by atoms with Gasteiger partial charge in [-0.3, -0.25) is 19.4 Å². The molecule has 2 amide bonds. The van der Waals surface area contributed by atoms with E-state index >= 15 is 0 Å². The molecule has 0 radical (unpaired) electrons. The van der Waals surface area contributed by atoms with Crippen LogP contribution in [-0.4, -0.2) is 32.2 Å². The lowest BCUT2D eigenvalue weighted by Gasteiger charge is -2.14. The van der Waals surface area contributed by atoms with Gasteiger partial charge in [-0.2, -0.15) is 0 Å². The van der Waals surface area contributed by atoms with Crippen LogP contribution in [0.4, 0.5) is 11.4 Å². The maximum absolute atomic E-state index is 12.8. The Morgan fingerprint density at radius 2 is 1.88 bits per heavy atom. The van der Waals surface area contributed by atoms with Crippen LogP contribution < -0.4 is 16.2 Å². The third-order valence-electron chi connectivity index (χ3n) is 4.46. The monoisotopic (exact) mass is 471 g/mol. The molecule has 3 rings (SSSR count). The summed E-state index contributed by atoms with van der Waals surface area (Å²) in [4.78, 5) is 39.5. The number of thioether (sulfide) groups is 1. The fourth-order valence-electron chi connectivity index (χ4n) is 3.08. The van der Waals surface area contributed by atoms with Gasteiger partial charge < -0.3 is 10.6 Å². The predicted molar refractivity (Wildman–Crippen MR) is 127 cm³/mol. The molecule has 0 saturated carbocycles. The van der Waals surface area contributed by atoms with Crippen LogP contribution in [0.2, 0.25) is 5.02 Å². The molecule has 0 fully saturated rings. The molecule has 1 aromatic heterocycles. The van der Waals surface area contributed by atoms with Crippen LogP contribution in [0.15, 0.2) is 46.3 Å². The molecule has 32 heavy (non-hydrogen) atoms. The minimum Gasteiger partial charge on any atom is -0.325 e. The summed E-state index contributed by atoms with van der Waals surface area (Å²) in [6, 6.07) is 10.5. The number of aromatic nitrogens is 3. The number of H-pyrrole nitrogens is 1. The molecule has 0 aliphatic rings. The Balaban J connectivity index is 1.82. The molecule has 0 spiro atoms. The van der Waals surface area contributed by atoms with Crippen molar-refractivity contribution in [1.29, 1.82) is 0 Å². The summed E-state index contributed by atoms with van der Waals surface area (Å²) in [6.07, 6.45) is 0. The number of amides is 2. The maximum Gasteiger partial charge on any atom is 0.278 e. The number of benzene rings is 2. The van der Waals surface area contributed by atoms with E-state index in [2.05, 4.69) is 25.8 Å². The number of nitrogens with zero attached hydrogens (tertiary/aromatic N) is 2. The van der Waals surface area contributed by atoms with Gasteiger partial charge in [0.1, 0.15) is 0 Å². The van der Waals surface area contributed by atoms with Crippen LogP contribution in [0, 0.1) is 13.8 Å². The fourth-order valence-corrected chi connectivity index (χ4v) is 4.01. The Morgan fingerprint density at radius 1 is 1.12 bits per heavy atom. The molecule has 0 aliphatic heterocycles. The number of carbonyl (C=O) groups excluding carboxylic acids is 2. The van der Waals surface area contributed by atoms with Crippen LogP contribution in [0.5, 0.6) is 0 Å². The molecule has 3 aromatic rings. The van der Waals surface area contributed by atoms with Crippen molar-refractivity contribution in [3.63, 3.8) is 0 Å². The molecule has 0 aliphatic carbocycles. The molecule has 0 saturated heterocycles. The molecule has 1 atom stereocenters. The van der Waals surface area contributed by atoms with Gasteiger partial charge in [-0.1, -0.05) is 41.1 Å². The number of aryl methyl sites for hydroxylation is 2. The van der Waals surface area contributed by atoms with Crippen molar-refractivity contribution in [1.82, 2.24) is 15.2 Å². The van der Waals surface area contributed by atoms with Crippen LogP contribution in [0.25, 0.3) is 11.3 Å². The first-order valence-electron chi connectivity index (χ1n) is 9.73. The lowest BCUT2D eigenvalue weighted by Crippen LogP contribution is -2.23. The Kier molecular flexibility index (Phi) is 7.32. The van der Waals surface area contributed by atoms with Gasteiger partial charge in [-0.25, -0.2) is 0 Å². The zero-order valence-corrected chi connectivity index (χ0v) is 19.5. The summed E-state index contributed by atoms with van der Waals surface area (Å²) in [5.41, 5.74) is 2.90. The molecule has 8 nitrogen and oxygen atoms in total. The van der Waals surface area contributed by atoms with Crippen molar-refractivity contribution in [2.24, 2.45) is 0 Å². The standard InChI is InChI=1S/C22H22ClN5O3S/c1-11-8-12(2)18(24-14(4)29)17(9-11)19-21(31)26-22(28-27-19)32-13(3)20(30)25-16-7-5-6-15(23)10-16/h5-10,13H,1-4H3,(H,24,29)(H,25,30)(H,26,28,31)/t13-/m1/s1. The van der Waals surface area contributed by atoms with E-state index in [-0.39, 0.29) is 22.7 Å². The van der Waals surface area contributed by atoms with E-state index in [1.807, 2.05) is 19.9 Å². The van der Waals surface area contributed by atoms with Gasteiger partial charge >= 0.3 is 0 Å². The van der Waals surface area contributed by atoms with Gasteiger partial charge in [-0.15, -0.1) is 10.2 Å². The van der Waals surface area contributed by atoms with Crippen molar-refractivity contribution in [2.75, 3.05) is 10.6 Å². The molecular weight excluding hydrogens is 450 g/mol. The minimum atomic E-state index is -0.555. The Bertz CT molecular complexity index is 1240. The van der Waals surface area contributed by atoms with E-state index in [9.17, 15) is 14.4 Å². The highest BCUT2D eigenvalue weighted by atomic mass is 35.5. The van der Waals surface area contributed by atoms with Crippen molar-refractivity contribution in [3.05, 3.63) is 62.9 Å². The highest BCUT2D eigenvalue weighted by Gasteiger charge is 2.19. The molecule has 0 bridgehead atoms. The Morgan fingerprint density at radius 3 is 2.53 bits per heavy atom. The van der Waals surface area contributed by atoms with E-state index in [0.29, 0.717) is 22.0 Å². The van der Waals surface area contributed by atoms with Crippen LogP contribution in [-0.2, 0) is 9.59 Å². The topological polar surface area (TPSA) is 117 Å². The molecule has 10 heteroatoms. The summed E-state index contributed by atoms with van der Waals surface area (Å²) in [5, 5.41) is 13.9. The lowest BCUT2D eigenvalue weighted by molar-refractivity contribution is -0.115. The molecule has 3 N–H and O–H groups in total. The van der Waals surface area contributed by atoms with Crippen LogP contribution in [0.1, 0.15) is 25.0 Å². The smallest absolute Gasteiger partial charge is 0.278 e. The zero-order chi connectivity index (χ0) is 23.4. The van der Waals surface area contributed by atoms with Gasteiger partial charge in [0.15, 0.2) is 10.9 Å². The minimum absolute atomic E-state index is 0.0842. The third-order valence-corrected chi connectivity index (χ3v) is 5.67.